The Hall–Kier alpha value is -2.48. The van der Waals surface area contributed by atoms with Crippen LogP contribution in [0, 0.1) is 17.0 Å². The van der Waals surface area contributed by atoms with E-state index in [1.54, 1.807) is 0 Å². The minimum absolute atomic E-state index is 0.0172. The molecular weight excluding hydrogens is 366 g/mol. The molecule has 0 spiro atoms. The molecule has 1 heterocycles. The molecule has 2 aliphatic rings. The van der Waals surface area contributed by atoms with Gasteiger partial charge in [0.15, 0.2) is 0 Å². The van der Waals surface area contributed by atoms with Gasteiger partial charge in [-0.05, 0) is 37.8 Å². The van der Waals surface area contributed by atoms with E-state index in [4.69, 9.17) is 10.1 Å². The molecule has 6 nitrogen and oxygen atoms in total. The fraction of sp³-hybridized carbons (Fsp3) is 0.500. The highest BCUT2D eigenvalue weighted by Crippen LogP contribution is 2.25. The molecule has 1 aliphatic carbocycles. The third-order valence-corrected chi connectivity index (χ3v) is 5.08. The first kappa shape index (κ1) is 20.3. The highest BCUT2D eigenvalue weighted by atomic mass is 19.1. The van der Waals surface area contributed by atoms with Gasteiger partial charge < -0.3 is 25.7 Å². The number of halogens is 2. The van der Waals surface area contributed by atoms with Crippen molar-refractivity contribution in [2.75, 3.05) is 31.5 Å². The van der Waals surface area contributed by atoms with E-state index in [1.807, 2.05) is 4.90 Å². The number of allylic oxidation sites excluding steroid dienone is 1. The third kappa shape index (κ3) is 5.28. The monoisotopic (exact) mass is 393 g/mol. The minimum atomic E-state index is -0.770. The maximum atomic E-state index is 13.5. The maximum Gasteiger partial charge on any atom is 0.293 e. The number of nitrogens with one attached hydrogen (secondary N) is 2. The van der Waals surface area contributed by atoms with Crippen molar-refractivity contribution in [2.24, 2.45) is 0 Å². The van der Waals surface area contributed by atoms with E-state index in [0.29, 0.717) is 18.8 Å². The van der Waals surface area contributed by atoms with Crippen molar-refractivity contribution in [1.82, 2.24) is 4.90 Å². The zero-order valence-electron chi connectivity index (χ0n) is 15.8. The SMILES string of the molecule is N=CC(=C(OC1CCCCC1)C(=O)Nc1cc(F)cc(F)c1)N1CC[NH2+]CC1. The Morgan fingerprint density at radius 3 is 2.39 bits per heavy atom. The fourth-order valence-electron chi connectivity index (χ4n) is 3.69. The smallest absolute Gasteiger partial charge is 0.293 e. The Balaban J connectivity index is 1.87. The lowest BCUT2D eigenvalue weighted by molar-refractivity contribution is -0.662. The van der Waals surface area contributed by atoms with Gasteiger partial charge in [0, 0.05) is 18.0 Å². The fourth-order valence-corrected chi connectivity index (χ4v) is 3.69. The van der Waals surface area contributed by atoms with Crippen LogP contribution in [0.2, 0.25) is 0 Å². The van der Waals surface area contributed by atoms with E-state index in [9.17, 15) is 13.6 Å². The predicted octanol–water partition coefficient (Wildman–Crippen LogP) is 1.99. The summed E-state index contributed by atoms with van der Waals surface area (Å²) in [7, 11) is 0. The number of ether oxygens (including phenoxy) is 1. The first-order valence-corrected chi connectivity index (χ1v) is 9.82. The second kappa shape index (κ2) is 9.64. The molecule has 1 aliphatic heterocycles. The lowest BCUT2D eigenvalue weighted by Gasteiger charge is -2.31. The van der Waals surface area contributed by atoms with Crippen LogP contribution >= 0.6 is 0 Å². The van der Waals surface area contributed by atoms with E-state index in [2.05, 4.69) is 10.6 Å². The van der Waals surface area contributed by atoms with Crippen molar-refractivity contribution in [1.29, 1.82) is 5.41 Å². The van der Waals surface area contributed by atoms with Crippen LogP contribution in [0.4, 0.5) is 14.5 Å². The van der Waals surface area contributed by atoms with Gasteiger partial charge in [0.2, 0.25) is 5.76 Å². The molecule has 28 heavy (non-hydrogen) atoms. The van der Waals surface area contributed by atoms with Crippen molar-refractivity contribution in [3.63, 3.8) is 0 Å². The normalized spacial score (nSPS) is 19.0. The molecule has 0 atom stereocenters. The summed E-state index contributed by atoms with van der Waals surface area (Å²) in [5, 5.41) is 12.6. The Kier molecular flexibility index (Phi) is 6.97. The molecule has 1 saturated heterocycles. The number of hydrogen-bond acceptors (Lipinski definition) is 4. The van der Waals surface area contributed by atoms with Gasteiger partial charge in [-0.2, -0.15) is 0 Å². The zero-order chi connectivity index (χ0) is 19.9. The summed E-state index contributed by atoms with van der Waals surface area (Å²) in [6, 6.07) is 2.86. The van der Waals surface area contributed by atoms with E-state index >= 15 is 0 Å². The second-order valence-electron chi connectivity index (χ2n) is 7.20. The van der Waals surface area contributed by atoms with Gasteiger partial charge in [-0.3, -0.25) is 4.79 Å². The Bertz CT molecular complexity index is 721. The van der Waals surface area contributed by atoms with E-state index in [0.717, 1.165) is 69.6 Å². The molecule has 152 valence electrons. The quantitative estimate of drug-likeness (QED) is 0.393. The van der Waals surface area contributed by atoms with Gasteiger partial charge in [0.1, 0.15) is 17.3 Å². The highest BCUT2D eigenvalue weighted by molar-refractivity contribution is 6.05. The molecule has 2 fully saturated rings. The summed E-state index contributed by atoms with van der Waals surface area (Å²) >= 11 is 0. The first-order valence-electron chi connectivity index (χ1n) is 9.82. The summed E-state index contributed by atoms with van der Waals surface area (Å²) in [4.78, 5) is 14.9. The van der Waals surface area contributed by atoms with E-state index in [-0.39, 0.29) is 17.6 Å². The van der Waals surface area contributed by atoms with Crippen LogP contribution < -0.4 is 10.6 Å². The Morgan fingerprint density at radius 2 is 1.79 bits per heavy atom. The Morgan fingerprint density at radius 1 is 1.14 bits per heavy atom. The van der Waals surface area contributed by atoms with Crippen LogP contribution in [0.1, 0.15) is 32.1 Å². The van der Waals surface area contributed by atoms with Crippen molar-refractivity contribution in [3.8, 4) is 0 Å². The van der Waals surface area contributed by atoms with Crippen LogP contribution in [0.5, 0.6) is 0 Å². The van der Waals surface area contributed by atoms with Gasteiger partial charge in [0.25, 0.3) is 5.91 Å². The van der Waals surface area contributed by atoms with Crippen molar-refractivity contribution in [3.05, 3.63) is 41.3 Å². The summed E-state index contributed by atoms with van der Waals surface area (Å²) in [6.07, 6.45) is 5.96. The largest absolute Gasteiger partial charge is 0.483 e. The third-order valence-electron chi connectivity index (χ3n) is 5.08. The number of anilines is 1. The van der Waals surface area contributed by atoms with Crippen LogP contribution in [-0.2, 0) is 9.53 Å². The summed E-state index contributed by atoms with van der Waals surface area (Å²) in [6.45, 7) is 3.13. The van der Waals surface area contributed by atoms with Crippen molar-refractivity contribution in [2.45, 2.75) is 38.2 Å². The summed E-state index contributed by atoms with van der Waals surface area (Å²) < 4.78 is 33.0. The van der Waals surface area contributed by atoms with Gasteiger partial charge >= 0.3 is 0 Å². The van der Waals surface area contributed by atoms with Gasteiger partial charge in [0.05, 0.1) is 32.3 Å². The highest BCUT2D eigenvalue weighted by Gasteiger charge is 2.27. The lowest BCUT2D eigenvalue weighted by atomic mass is 9.98. The number of quaternary nitrogens is 1. The number of carbonyl (C=O) groups is 1. The number of hydrogen-bond donors (Lipinski definition) is 3. The molecule has 1 aromatic carbocycles. The number of nitrogens with zero attached hydrogens (tertiary/aromatic N) is 1. The molecule has 0 radical (unpaired) electrons. The van der Waals surface area contributed by atoms with Crippen LogP contribution in [-0.4, -0.2) is 49.3 Å². The molecule has 1 amide bonds. The molecule has 8 heteroatoms. The molecule has 0 unspecified atom stereocenters. The van der Waals surface area contributed by atoms with Crippen molar-refractivity contribution < 1.29 is 23.6 Å². The van der Waals surface area contributed by atoms with E-state index in [1.165, 1.54) is 0 Å². The van der Waals surface area contributed by atoms with Crippen LogP contribution in [0.25, 0.3) is 0 Å². The number of carbonyl (C=O) groups excluding carboxylic acids is 1. The zero-order valence-corrected chi connectivity index (χ0v) is 15.8. The molecule has 4 N–H and O–H groups in total. The van der Waals surface area contributed by atoms with Crippen LogP contribution in [0.3, 0.4) is 0 Å². The lowest BCUT2D eigenvalue weighted by Crippen LogP contribution is -2.89. The summed E-state index contributed by atoms with van der Waals surface area (Å²) in [5.74, 6) is -2.09. The average Bonchev–Trinajstić information content (AvgIpc) is 2.68. The average molecular weight is 393 g/mol. The maximum absolute atomic E-state index is 13.5. The number of rotatable bonds is 6. The molecule has 1 saturated carbocycles. The molecule has 1 aromatic rings. The van der Waals surface area contributed by atoms with Gasteiger partial charge in [-0.1, -0.05) is 6.42 Å². The predicted molar refractivity (Wildman–Crippen MR) is 102 cm³/mol. The Labute approximate surface area is 163 Å². The number of nitrogens with two attached hydrogens (primary N) is 1. The van der Waals surface area contributed by atoms with Gasteiger partial charge in [-0.15, -0.1) is 0 Å². The number of benzene rings is 1. The van der Waals surface area contributed by atoms with E-state index < -0.39 is 17.5 Å². The second-order valence-corrected chi connectivity index (χ2v) is 7.20. The number of amides is 1. The van der Waals surface area contributed by atoms with Crippen molar-refractivity contribution >= 4 is 17.8 Å². The molecule has 0 aromatic heterocycles. The molecule has 3 rings (SSSR count). The summed E-state index contributed by atoms with van der Waals surface area (Å²) in [5.41, 5.74) is 0.427. The minimum Gasteiger partial charge on any atom is -0.483 e. The first-order chi connectivity index (χ1) is 13.6. The number of piperazine rings is 1. The molecular formula is C20H27F2N4O2+. The van der Waals surface area contributed by atoms with Gasteiger partial charge in [-0.25, -0.2) is 8.78 Å². The topological polar surface area (TPSA) is 82.0 Å². The van der Waals surface area contributed by atoms with Crippen LogP contribution in [0.15, 0.2) is 29.7 Å². The molecule has 0 bridgehead atoms. The standard InChI is InChI=1S/C20H26F2N4O2/c21-14-10-15(22)12-16(11-14)25-20(27)19(28-17-4-2-1-3-5-17)18(13-23)26-8-6-24-7-9-26/h10-13,17,23-24H,1-9H2,(H,25,27)/p+1.